The van der Waals surface area contributed by atoms with Crippen molar-refractivity contribution in [1.82, 2.24) is 0 Å². The molecule has 3 nitrogen and oxygen atoms in total. The molecule has 0 aliphatic carbocycles. The molecule has 1 aromatic carbocycles. The Kier molecular flexibility index (Phi) is 5.84. The van der Waals surface area contributed by atoms with Gasteiger partial charge in [0.05, 0.1) is 7.11 Å². The molecule has 0 amide bonds. The van der Waals surface area contributed by atoms with Crippen LogP contribution in [0.25, 0.3) is 0 Å². The number of hydrogen-bond donors (Lipinski definition) is 1. The van der Waals surface area contributed by atoms with Crippen molar-refractivity contribution in [3.8, 4) is 11.8 Å². The van der Waals surface area contributed by atoms with Crippen LogP contribution in [0.2, 0.25) is 0 Å². The molecule has 1 N–H and O–H groups in total. The van der Waals surface area contributed by atoms with E-state index in [0.717, 1.165) is 24.0 Å². The Balaban J connectivity index is 2.72. The van der Waals surface area contributed by atoms with Gasteiger partial charge < -0.3 is 9.84 Å². The molecule has 1 aromatic rings. The van der Waals surface area contributed by atoms with Crippen LogP contribution in [0.1, 0.15) is 24.0 Å². The Morgan fingerprint density at radius 3 is 2.88 bits per heavy atom. The summed E-state index contributed by atoms with van der Waals surface area (Å²) in [5.74, 6) is 5.41. The minimum atomic E-state index is -0.328. The molecule has 0 fully saturated rings. The van der Waals surface area contributed by atoms with Gasteiger partial charge >= 0.3 is 5.97 Å². The van der Waals surface area contributed by atoms with Crippen LogP contribution in [0.3, 0.4) is 0 Å². The maximum Gasteiger partial charge on any atom is 0.317 e. The minimum absolute atomic E-state index is 0.102. The van der Waals surface area contributed by atoms with Crippen LogP contribution in [0.15, 0.2) is 24.3 Å². The second-order valence-electron chi connectivity index (χ2n) is 3.54. The van der Waals surface area contributed by atoms with Gasteiger partial charge in [0.1, 0.15) is 6.42 Å². The molecule has 0 aliphatic rings. The first kappa shape index (κ1) is 13.3. The lowest BCUT2D eigenvalue weighted by Crippen LogP contribution is -1.97. The van der Waals surface area contributed by atoms with E-state index >= 15 is 0 Å². The highest BCUT2D eigenvalue weighted by Gasteiger charge is 1.99. The lowest BCUT2D eigenvalue weighted by Gasteiger charge is -2.02. The molecule has 1 rings (SSSR count). The van der Waals surface area contributed by atoms with E-state index in [1.54, 1.807) is 0 Å². The largest absolute Gasteiger partial charge is 0.468 e. The Labute approximate surface area is 101 Å². The summed E-state index contributed by atoms with van der Waals surface area (Å²) in [6.45, 7) is 0.171. The van der Waals surface area contributed by atoms with E-state index < -0.39 is 0 Å². The zero-order chi connectivity index (χ0) is 12.5. The first-order valence-corrected chi connectivity index (χ1v) is 5.52. The number of ether oxygens (including phenoxy) is 1. The summed E-state index contributed by atoms with van der Waals surface area (Å²) in [5.41, 5.74) is 2.00. The lowest BCUT2D eigenvalue weighted by molar-refractivity contribution is -0.139. The fourth-order valence-electron chi connectivity index (χ4n) is 1.41. The predicted molar refractivity (Wildman–Crippen MR) is 65.4 cm³/mol. The maximum absolute atomic E-state index is 10.9. The molecule has 0 aromatic heterocycles. The van der Waals surface area contributed by atoms with Crippen molar-refractivity contribution < 1.29 is 14.6 Å². The van der Waals surface area contributed by atoms with Crippen LogP contribution in [0.4, 0.5) is 0 Å². The summed E-state index contributed by atoms with van der Waals surface area (Å²) in [6.07, 6.45) is 1.61. The first-order chi connectivity index (χ1) is 8.27. The van der Waals surface area contributed by atoms with Crippen LogP contribution in [-0.2, 0) is 16.0 Å². The van der Waals surface area contributed by atoms with E-state index in [4.69, 9.17) is 5.11 Å². The Morgan fingerprint density at radius 2 is 2.18 bits per heavy atom. The first-order valence-electron chi connectivity index (χ1n) is 5.52. The summed E-state index contributed by atoms with van der Waals surface area (Å²) in [4.78, 5) is 10.9. The van der Waals surface area contributed by atoms with E-state index in [0.29, 0.717) is 0 Å². The van der Waals surface area contributed by atoms with Gasteiger partial charge in [0.2, 0.25) is 0 Å². The van der Waals surface area contributed by atoms with Crippen molar-refractivity contribution in [2.24, 2.45) is 0 Å². The van der Waals surface area contributed by atoms with Crippen LogP contribution in [-0.4, -0.2) is 24.8 Å². The zero-order valence-corrected chi connectivity index (χ0v) is 9.90. The molecular weight excluding hydrogens is 216 g/mol. The van der Waals surface area contributed by atoms with Gasteiger partial charge in [-0.3, -0.25) is 4.79 Å². The maximum atomic E-state index is 10.9. The molecule has 0 spiro atoms. The Hall–Kier alpha value is -1.79. The van der Waals surface area contributed by atoms with Crippen LogP contribution in [0.5, 0.6) is 0 Å². The van der Waals surface area contributed by atoms with E-state index in [9.17, 15) is 4.79 Å². The van der Waals surface area contributed by atoms with Gasteiger partial charge in [-0.25, -0.2) is 0 Å². The van der Waals surface area contributed by atoms with E-state index in [1.807, 2.05) is 24.3 Å². The molecule has 0 bridgehead atoms. The van der Waals surface area contributed by atoms with Crippen molar-refractivity contribution in [3.05, 3.63) is 35.4 Å². The third-order valence-corrected chi connectivity index (χ3v) is 2.31. The van der Waals surface area contributed by atoms with Gasteiger partial charge in [0.15, 0.2) is 0 Å². The van der Waals surface area contributed by atoms with Crippen molar-refractivity contribution in [1.29, 1.82) is 0 Å². The molecule has 0 aliphatic heterocycles. The van der Waals surface area contributed by atoms with E-state index in [2.05, 4.69) is 16.6 Å². The molecule has 0 heterocycles. The van der Waals surface area contributed by atoms with Gasteiger partial charge in [-0.15, -0.1) is 0 Å². The van der Waals surface area contributed by atoms with Gasteiger partial charge in [-0.1, -0.05) is 30.0 Å². The lowest BCUT2D eigenvalue weighted by atomic mass is 10.0. The summed E-state index contributed by atoms with van der Waals surface area (Å²) in [5, 5.41) is 8.80. The molecule has 0 saturated carbocycles. The average molecular weight is 232 g/mol. The highest BCUT2D eigenvalue weighted by molar-refractivity contribution is 5.72. The third-order valence-electron chi connectivity index (χ3n) is 2.31. The molecule has 0 unspecified atom stereocenters. The van der Waals surface area contributed by atoms with Crippen molar-refractivity contribution in [2.75, 3.05) is 13.7 Å². The summed E-state index contributed by atoms with van der Waals surface area (Å²) in [6, 6.07) is 7.75. The molecule has 0 saturated heterocycles. The van der Waals surface area contributed by atoms with Gasteiger partial charge in [0.25, 0.3) is 0 Å². The Bertz CT molecular complexity index is 427. The van der Waals surface area contributed by atoms with Crippen molar-refractivity contribution in [3.63, 3.8) is 0 Å². The van der Waals surface area contributed by atoms with Crippen molar-refractivity contribution >= 4 is 5.97 Å². The smallest absolute Gasteiger partial charge is 0.317 e. The standard InChI is InChI=1S/C14H16O3/c1-17-14(16)10-4-8-12-6-2-3-7-13(12)9-5-11-15/h2-3,6-7,15H,5,9-11H2,1H3. The SMILES string of the molecule is COC(=O)CC#Cc1ccccc1CCCO. The molecule has 17 heavy (non-hydrogen) atoms. The number of carbonyl (C=O) groups excluding carboxylic acids is 1. The summed E-state index contributed by atoms with van der Waals surface area (Å²) < 4.78 is 4.51. The fourth-order valence-corrected chi connectivity index (χ4v) is 1.41. The minimum Gasteiger partial charge on any atom is -0.468 e. The molecule has 3 heteroatoms. The second-order valence-corrected chi connectivity index (χ2v) is 3.54. The highest BCUT2D eigenvalue weighted by atomic mass is 16.5. The number of rotatable bonds is 4. The average Bonchev–Trinajstić information content (AvgIpc) is 2.37. The van der Waals surface area contributed by atoms with E-state index in [1.165, 1.54) is 7.11 Å². The summed E-state index contributed by atoms with van der Waals surface area (Å²) in [7, 11) is 1.35. The number of esters is 1. The summed E-state index contributed by atoms with van der Waals surface area (Å²) >= 11 is 0. The van der Waals surface area contributed by atoms with Gasteiger partial charge in [-0.05, 0) is 24.5 Å². The van der Waals surface area contributed by atoms with E-state index in [-0.39, 0.29) is 19.0 Å². The second kappa shape index (κ2) is 7.48. The topological polar surface area (TPSA) is 46.5 Å². The molecule has 0 radical (unpaired) electrons. The number of methoxy groups -OCH3 is 1. The fraction of sp³-hybridized carbons (Fsp3) is 0.357. The van der Waals surface area contributed by atoms with Crippen molar-refractivity contribution in [2.45, 2.75) is 19.3 Å². The number of aliphatic hydroxyl groups is 1. The van der Waals surface area contributed by atoms with Gasteiger partial charge in [0, 0.05) is 12.2 Å². The van der Waals surface area contributed by atoms with Crippen LogP contribution in [0, 0.1) is 11.8 Å². The molecular formula is C14H16O3. The number of carbonyl (C=O) groups is 1. The van der Waals surface area contributed by atoms with Crippen LogP contribution >= 0.6 is 0 Å². The number of aryl methyl sites for hydroxylation is 1. The molecule has 90 valence electrons. The van der Waals surface area contributed by atoms with Gasteiger partial charge in [-0.2, -0.15) is 0 Å². The molecule has 0 atom stereocenters. The number of aliphatic hydroxyl groups excluding tert-OH is 1. The predicted octanol–water partition coefficient (Wildman–Crippen LogP) is 1.53. The zero-order valence-electron chi connectivity index (χ0n) is 9.90. The highest BCUT2D eigenvalue weighted by Crippen LogP contribution is 2.09. The normalized spacial score (nSPS) is 9.29. The number of benzene rings is 1. The Morgan fingerprint density at radius 1 is 1.41 bits per heavy atom. The third kappa shape index (κ3) is 4.71. The quantitative estimate of drug-likeness (QED) is 0.632. The van der Waals surface area contributed by atoms with Crippen LogP contribution < -0.4 is 0 Å². The monoisotopic (exact) mass is 232 g/mol. The number of hydrogen-bond acceptors (Lipinski definition) is 3.